The zero-order valence-electron chi connectivity index (χ0n) is 14.4. The molecule has 0 aliphatic rings. The van der Waals surface area contributed by atoms with Gasteiger partial charge in [-0.25, -0.2) is 4.98 Å². The van der Waals surface area contributed by atoms with Crippen LogP contribution < -0.4 is 4.74 Å². The number of H-pyrrole nitrogens is 1. The number of aromatic amines is 1. The number of benzene rings is 2. The summed E-state index contributed by atoms with van der Waals surface area (Å²) < 4.78 is 7.61. The van der Waals surface area contributed by atoms with E-state index in [1.54, 1.807) is 6.08 Å². The van der Waals surface area contributed by atoms with E-state index in [9.17, 15) is 5.26 Å². The molecule has 0 saturated carbocycles. The fourth-order valence-electron chi connectivity index (χ4n) is 2.60. The Balaban J connectivity index is 2.09. The van der Waals surface area contributed by atoms with Gasteiger partial charge in [-0.3, -0.25) is 0 Å². The van der Waals surface area contributed by atoms with Crippen molar-refractivity contribution in [3.8, 4) is 11.8 Å². The molecule has 0 amide bonds. The molecule has 0 radical (unpaired) electrons. The van der Waals surface area contributed by atoms with Crippen LogP contribution in [0.5, 0.6) is 5.75 Å². The van der Waals surface area contributed by atoms with Crippen molar-refractivity contribution in [3.05, 3.63) is 56.2 Å². The number of nitrogens with zero attached hydrogens (tertiary/aromatic N) is 2. The minimum absolute atomic E-state index is 0.449. The number of aromatic nitrogens is 2. The Morgan fingerprint density at radius 1 is 1.31 bits per heavy atom. The van der Waals surface area contributed by atoms with Crippen LogP contribution in [0.2, 0.25) is 0 Å². The number of nitrogens with one attached hydrogen (secondary N) is 1. The Morgan fingerprint density at radius 2 is 2.12 bits per heavy atom. The zero-order valence-corrected chi connectivity index (χ0v) is 17.6. The highest BCUT2D eigenvalue weighted by atomic mass is 79.9. The molecule has 1 aromatic heterocycles. The molecule has 0 atom stereocenters. The topological polar surface area (TPSA) is 61.7 Å². The van der Waals surface area contributed by atoms with Crippen LogP contribution in [0.3, 0.4) is 0 Å². The number of halogens is 2. The van der Waals surface area contributed by atoms with Gasteiger partial charge in [0.2, 0.25) is 0 Å². The summed E-state index contributed by atoms with van der Waals surface area (Å²) in [5.74, 6) is 1.26. The molecule has 1 N–H and O–H groups in total. The minimum atomic E-state index is 0.449. The lowest BCUT2D eigenvalue weighted by Gasteiger charge is -2.11. The molecule has 26 heavy (non-hydrogen) atoms. The first-order valence-corrected chi connectivity index (χ1v) is 9.80. The molecule has 0 fully saturated rings. The van der Waals surface area contributed by atoms with Crippen LogP contribution in [-0.4, -0.2) is 16.6 Å². The molecule has 4 nitrogen and oxygen atoms in total. The molecule has 1 heterocycles. The number of rotatable bonds is 5. The van der Waals surface area contributed by atoms with Crippen LogP contribution in [0, 0.1) is 18.3 Å². The van der Waals surface area contributed by atoms with E-state index in [2.05, 4.69) is 54.8 Å². The lowest BCUT2D eigenvalue weighted by atomic mass is 10.1. The molecule has 132 valence electrons. The lowest BCUT2D eigenvalue weighted by Crippen LogP contribution is -1.98. The van der Waals surface area contributed by atoms with Gasteiger partial charge in [0.15, 0.2) is 0 Å². The molecule has 0 bridgehead atoms. The van der Waals surface area contributed by atoms with Crippen LogP contribution >= 0.6 is 31.9 Å². The van der Waals surface area contributed by atoms with Crippen LogP contribution in [0.1, 0.15) is 30.3 Å². The van der Waals surface area contributed by atoms with Crippen LogP contribution in [0.15, 0.2) is 39.3 Å². The highest BCUT2D eigenvalue weighted by Crippen LogP contribution is 2.35. The van der Waals surface area contributed by atoms with E-state index in [1.807, 2.05) is 37.3 Å². The van der Waals surface area contributed by atoms with E-state index in [1.165, 1.54) is 0 Å². The third-order valence-corrected chi connectivity index (χ3v) is 4.85. The van der Waals surface area contributed by atoms with Gasteiger partial charge in [-0.1, -0.05) is 28.9 Å². The van der Waals surface area contributed by atoms with Gasteiger partial charge in [0, 0.05) is 10.0 Å². The van der Waals surface area contributed by atoms with Gasteiger partial charge >= 0.3 is 0 Å². The molecular formula is C20H17Br2N3O. The monoisotopic (exact) mass is 473 g/mol. The average Bonchev–Trinajstić information content (AvgIpc) is 3.01. The normalized spacial score (nSPS) is 11.6. The number of imidazole rings is 1. The number of allylic oxidation sites excluding steroid dienone is 1. The smallest absolute Gasteiger partial charge is 0.149 e. The molecule has 0 unspecified atom stereocenters. The average molecular weight is 475 g/mol. The fraction of sp³-hybridized carbons (Fsp3) is 0.200. The van der Waals surface area contributed by atoms with Crippen LogP contribution in [0.4, 0.5) is 0 Å². The van der Waals surface area contributed by atoms with Crippen LogP contribution in [-0.2, 0) is 0 Å². The van der Waals surface area contributed by atoms with E-state index in [0.29, 0.717) is 18.0 Å². The Labute approximate surface area is 169 Å². The third-order valence-electron chi connectivity index (χ3n) is 3.80. The number of fused-ring (bicyclic) bond motifs is 1. The molecular weight excluding hydrogens is 458 g/mol. The summed E-state index contributed by atoms with van der Waals surface area (Å²) in [6.07, 6.45) is 2.70. The molecule has 0 saturated heterocycles. The van der Waals surface area contributed by atoms with Crippen molar-refractivity contribution >= 4 is 54.5 Å². The Hall–Kier alpha value is -2.10. The highest BCUT2D eigenvalue weighted by molar-refractivity contribution is 9.11. The summed E-state index contributed by atoms with van der Waals surface area (Å²) >= 11 is 7.04. The van der Waals surface area contributed by atoms with Gasteiger partial charge in [0.05, 0.1) is 27.7 Å². The van der Waals surface area contributed by atoms with Crippen molar-refractivity contribution in [2.24, 2.45) is 0 Å². The minimum Gasteiger partial charge on any atom is -0.492 e. The van der Waals surface area contributed by atoms with E-state index < -0.39 is 0 Å². The quantitative estimate of drug-likeness (QED) is 0.444. The van der Waals surface area contributed by atoms with Crippen molar-refractivity contribution < 1.29 is 4.74 Å². The van der Waals surface area contributed by atoms with Crippen molar-refractivity contribution in [2.45, 2.75) is 20.3 Å². The van der Waals surface area contributed by atoms with Crippen molar-refractivity contribution in [1.82, 2.24) is 9.97 Å². The second-order valence-electron chi connectivity index (χ2n) is 5.93. The van der Waals surface area contributed by atoms with Crippen LogP contribution in [0.25, 0.3) is 22.7 Å². The van der Waals surface area contributed by atoms with E-state index >= 15 is 0 Å². The fourth-order valence-corrected chi connectivity index (χ4v) is 3.98. The standard InChI is InChI=1S/C20H17Br2N3O/c1-3-6-26-19-13(9-15(21)10-16(19)22)8-14(11-23)20-24-17-5-4-12(2)7-18(17)25-20/h4-5,7-10H,3,6H2,1-2H3,(H,24,25)/b14-8-. The molecule has 2 aromatic carbocycles. The van der Waals surface area contributed by atoms with Gasteiger partial charge < -0.3 is 9.72 Å². The van der Waals surface area contributed by atoms with E-state index in [-0.39, 0.29) is 0 Å². The maximum atomic E-state index is 9.68. The van der Waals surface area contributed by atoms with Gasteiger partial charge in [-0.15, -0.1) is 0 Å². The van der Waals surface area contributed by atoms with Crippen molar-refractivity contribution in [1.29, 1.82) is 5.26 Å². The summed E-state index contributed by atoms with van der Waals surface area (Å²) in [6.45, 7) is 4.68. The summed E-state index contributed by atoms with van der Waals surface area (Å²) in [5, 5.41) is 9.68. The summed E-state index contributed by atoms with van der Waals surface area (Å²) in [5.41, 5.74) is 4.16. The van der Waals surface area contributed by atoms with Gasteiger partial charge in [-0.05, 0) is 65.2 Å². The lowest BCUT2D eigenvalue weighted by molar-refractivity contribution is 0.315. The van der Waals surface area contributed by atoms with Crippen molar-refractivity contribution in [3.63, 3.8) is 0 Å². The van der Waals surface area contributed by atoms with E-state index in [4.69, 9.17) is 4.74 Å². The zero-order chi connectivity index (χ0) is 18.7. The second kappa shape index (κ2) is 8.07. The third kappa shape index (κ3) is 4.00. The highest BCUT2D eigenvalue weighted by Gasteiger charge is 2.13. The number of aryl methyl sites for hydroxylation is 1. The summed E-state index contributed by atoms with van der Waals surface area (Å²) in [7, 11) is 0. The largest absolute Gasteiger partial charge is 0.492 e. The van der Waals surface area contributed by atoms with Crippen molar-refractivity contribution in [2.75, 3.05) is 6.61 Å². The molecule has 0 aliphatic heterocycles. The first-order chi connectivity index (χ1) is 12.5. The first-order valence-electron chi connectivity index (χ1n) is 8.22. The molecule has 3 aromatic rings. The number of hydrogen-bond donors (Lipinski definition) is 1. The molecule has 0 spiro atoms. The second-order valence-corrected chi connectivity index (χ2v) is 7.70. The SMILES string of the molecule is CCCOc1c(Br)cc(Br)cc1/C=C(/C#N)c1nc2ccc(C)cc2[nH]1. The van der Waals surface area contributed by atoms with Gasteiger partial charge in [0.1, 0.15) is 17.6 Å². The maximum absolute atomic E-state index is 9.68. The summed E-state index contributed by atoms with van der Waals surface area (Å²) in [6, 6.07) is 12.1. The predicted octanol–water partition coefficient (Wildman–Crippen LogP) is 6.25. The molecule has 0 aliphatic carbocycles. The predicted molar refractivity (Wildman–Crippen MR) is 112 cm³/mol. The summed E-state index contributed by atoms with van der Waals surface area (Å²) in [4.78, 5) is 7.78. The Kier molecular flexibility index (Phi) is 5.80. The molecule has 6 heteroatoms. The van der Waals surface area contributed by atoms with Gasteiger partial charge in [0.25, 0.3) is 0 Å². The Bertz CT molecular complexity index is 1030. The van der Waals surface area contributed by atoms with Gasteiger partial charge in [-0.2, -0.15) is 5.26 Å². The maximum Gasteiger partial charge on any atom is 0.149 e. The first kappa shape index (κ1) is 18.7. The number of ether oxygens (including phenoxy) is 1. The Morgan fingerprint density at radius 3 is 2.85 bits per heavy atom. The molecule has 3 rings (SSSR count). The number of hydrogen-bond acceptors (Lipinski definition) is 3. The van der Waals surface area contributed by atoms with E-state index in [0.717, 1.165) is 43.3 Å². The number of nitriles is 1.